The standard InChI is InChI=1S/C14H11F3N2O2.HO3P/c15-14(16,17)11-6-7-12(13(8-11)19(20)21)18-9-10-4-2-1-3-5-10;1-4(2)3/h1-8,18H,9H2;(H-,1,2,3)/p+1. The number of hydrogen-bond acceptors (Lipinski definition) is 4. The number of halogens is 3. The molecule has 0 aromatic heterocycles. The third kappa shape index (κ3) is 7.25. The molecule has 25 heavy (non-hydrogen) atoms. The maximum Gasteiger partial charge on any atom is 0.692 e. The molecule has 0 saturated heterocycles. The van der Waals surface area contributed by atoms with Crippen molar-refractivity contribution in [1.82, 2.24) is 0 Å². The Morgan fingerprint density at radius 2 is 1.68 bits per heavy atom. The van der Waals surface area contributed by atoms with Gasteiger partial charge in [0.25, 0.3) is 5.69 Å². The molecule has 0 fully saturated rings. The van der Waals surface area contributed by atoms with Crippen LogP contribution in [0.5, 0.6) is 0 Å². The highest BCUT2D eigenvalue weighted by molar-refractivity contribution is 7.30. The molecular weight excluding hydrogens is 364 g/mol. The fraction of sp³-hybridized carbons (Fsp3) is 0.143. The molecule has 0 saturated carbocycles. The van der Waals surface area contributed by atoms with Crippen LogP contribution in [0.1, 0.15) is 11.1 Å². The fourth-order valence-electron chi connectivity index (χ4n) is 1.80. The third-order valence-electron chi connectivity index (χ3n) is 2.85. The first kappa shape index (κ1) is 20.5. The van der Waals surface area contributed by atoms with E-state index < -0.39 is 30.6 Å². The molecule has 0 spiro atoms. The quantitative estimate of drug-likeness (QED) is 0.424. The van der Waals surface area contributed by atoms with Crippen LogP contribution < -0.4 is 5.32 Å². The zero-order valence-corrected chi connectivity index (χ0v) is 13.4. The van der Waals surface area contributed by atoms with Crippen molar-refractivity contribution < 1.29 is 32.4 Å². The minimum atomic E-state index is -4.61. The lowest BCUT2D eigenvalue weighted by atomic mass is 10.1. The lowest BCUT2D eigenvalue weighted by Gasteiger charge is -2.10. The van der Waals surface area contributed by atoms with Gasteiger partial charge in [0, 0.05) is 17.2 Å². The predicted molar refractivity (Wildman–Crippen MR) is 83.9 cm³/mol. The molecule has 0 unspecified atom stereocenters. The lowest BCUT2D eigenvalue weighted by Crippen LogP contribution is -2.08. The van der Waals surface area contributed by atoms with Gasteiger partial charge in [-0.3, -0.25) is 10.1 Å². The molecule has 134 valence electrons. The Bertz CT molecular complexity index is 737. The first-order valence-corrected chi connectivity index (χ1v) is 7.76. The molecule has 0 radical (unpaired) electrons. The number of benzene rings is 2. The number of nitro benzene ring substituents is 1. The Labute approximate surface area is 140 Å². The lowest BCUT2D eigenvalue weighted by molar-refractivity contribution is -0.384. The van der Waals surface area contributed by atoms with E-state index in [0.29, 0.717) is 6.07 Å². The largest absolute Gasteiger partial charge is 0.692 e. The second-order valence-corrected chi connectivity index (χ2v) is 5.08. The molecule has 0 aliphatic carbocycles. The Hall–Kier alpha value is -2.55. The highest BCUT2D eigenvalue weighted by Crippen LogP contribution is 2.35. The molecule has 3 N–H and O–H groups in total. The number of nitro groups is 1. The Morgan fingerprint density at radius 1 is 1.12 bits per heavy atom. The van der Waals surface area contributed by atoms with Gasteiger partial charge in [-0.05, 0) is 17.7 Å². The van der Waals surface area contributed by atoms with Gasteiger partial charge in [-0.25, -0.2) is 0 Å². The van der Waals surface area contributed by atoms with Gasteiger partial charge in [0.05, 0.1) is 10.5 Å². The van der Waals surface area contributed by atoms with Crippen LogP contribution in [0.2, 0.25) is 0 Å². The van der Waals surface area contributed by atoms with Gasteiger partial charge in [-0.15, -0.1) is 9.79 Å². The monoisotopic (exact) mass is 377 g/mol. The van der Waals surface area contributed by atoms with Gasteiger partial charge in [-0.2, -0.15) is 13.2 Å². The van der Waals surface area contributed by atoms with Crippen molar-refractivity contribution in [3.63, 3.8) is 0 Å². The summed E-state index contributed by atoms with van der Waals surface area (Å²) in [5.41, 5.74) is -0.719. The molecule has 11 heteroatoms. The summed E-state index contributed by atoms with van der Waals surface area (Å²) >= 11 is 0. The maximum absolute atomic E-state index is 12.6. The molecule has 0 amide bonds. The van der Waals surface area contributed by atoms with E-state index in [1.807, 2.05) is 18.2 Å². The number of alkyl halides is 3. The number of anilines is 1. The molecule has 2 aromatic carbocycles. The van der Waals surface area contributed by atoms with E-state index >= 15 is 0 Å². The van der Waals surface area contributed by atoms with Crippen LogP contribution in [0.4, 0.5) is 24.5 Å². The van der Waals surface area contributed by atoms with E-state index in [9.17, 15) is 23.3 Å². The van der Waals surface area contributed by atoms with E-state index in [1.165, 1.54) is 0 Å². The Balaban J connectivity index is 0.000000705. The van der Waals surface area contributed by atoms with Gasteiger partial charge in [0.2, 0.25) is 0 Å². The van der Waals surface area contributed by atoms with Gasteiger partial charge in [-0.1, -0.05) is 30.3 Å². The Morgan fingerprint density at radius 3 is 2.16 bits per heavy atom. The van der Waals surface area contributed by atoms with E-state index in [0.717, 1.165) is 17.7 Å². The van der Waals surface area contributed by atoms with Crippen LogP contribution in [0.25, 0.3) is 0 Å². The Kier molecular flexibility index (Phi) is 7.43. The number of nitrogens with zero attached hydrogens (tertiary/aromatic N) is 1. The second kappa shape index (κ2) is 9.07. The minimum Gasteiger partial charge on any atom is -0.375 e. The van der Waals surface area contributed by atoms with Gasteiger partial charge < -0.3 is 5.32 Å². The van der Waals surface area contributed by atoms with E-state index in [-0.39, 0.29) is 12.2 Å². The SMILES string of the molecule is O=[N+]([O-])c1cc(C(F)(F)F)ccc1NCc1ccccc1.O=[P+](O)O. The summed E-state index contributed by atoms with van der Waals surface area (Å²) in [6.45, 7) is 0.285. The van der Waals surface area contributed by atoms with Crippen molar-refractivity contribution in [2.45, 2.75) is 12.7 Å². The molecular formula is C14H13F3N2O5P+. The predicted octanol–water partition coefficient (Wildman–Crippen LogP) is 3.85. The van der Waals surface area contributed by atoms with Crippen molar-refractivity contribution in [2.75, 3.05) is 5.32 Å². The van der Waals surface area contributed by atoms with Crippen molar-refractivity contribution in [3.8, 4) is 0 Å². The van der Waals surface area contributed by atoms with Crippen molar-refractivity contribution in [2.24, 2.45) is 0 Å². The van der Waals surface area contributed by atoms with Crippen LogP contribution in [0.3, 0.4) is 0 Å². The molecule has 2 rings (SSSR count). The summed E-state index contributed by atoms with van der Waals surface area (Å²) in [6, 6.07) is 11.5. The first-order chi connectivity index (χ1) is 11.6. The van der Waals surface area contributed by atoms with Crippen LogP contribution in [0, 0.1) is 10.1 Å². The zero-order chi connectivity index (χ0) is 19.0. The van der Waals surface area contributed by atoms with Gasteiger partial charge in [0.15, 0.2) is 0 Å². The van der Waals surface area contributed by atoms with Gasteiger partial charge in [0.1, 0.15) is 5.69 Å². The molecule has 0 heterocycles. The molecule has 2 aromatic rings. The zero-order valence-electron chi connectivity index (χ0n) is 12.5. The van der Waals surface area contributed by atoms with Crippen molar-refractivity contribution >= 4 is 19.6 Å². The molecule has 0 bridgehead atoms. The highest BCUT2D eigenvalue weighted by Gasteiger charge is 2.32. The van der Waals surface area contributed by atoms with Gasteiger partial charge >= 0.3 is 14.4 Å². The molecule has 0 atom stereocenters. The van der Waals surface area contributed by atoms with E-state index in [4.69, 9.17) is 14.4 Å². The average molecular weight is 377 g/mol. The smallest absolute Gasteiger partial charge is 0.375 e. The number of nitrogens with one attached hydrogen (secondary N) is 1. The van der Waals surface area contributed by atoms with Crippen LogP contribution in [-0.2, 0) is 17.3 Å². The van der Waals surface area contributed by atoms with Crippen LogP contribution in [-0.4, -0.2) is 14.7 Å². The van der Waals surface area contributed by atoms with E-state index in [2.05, 4.69) is 5.32 Å². The molecule has 7 nitrogen and oxygen atoms in total. The normalized spacial score (nSPS) is 10.4. The number of rotatable bonds is 4. The average Bonchev–Trinajstić information content (AvgIpc) is 2.52. The second-order valence-electron chi connectivity index (χ2n) is 4.58. The summed E-state index contributed by atoms with van der Waals surface area (Å²) in [7, 11) is -2.87. The number of hydrogen-bond donors (Lipinski definition) is 3. The third-order valence-corrected chi connectivity index (χ3v) is 2.85. The first-order valence-electron chi connectivity index (χ1n) is 6.59. The summed E-state index contributed by atoms with van der Waals surface area (Å²) in [6.07, 6.45) is -4.61. The minimum absolute atomic E-state index is 0.0526. The van der Waals surface area contributed by atoms with Crippen molar-refractivity contribution in [3.05, 3.63) is 69.8 Å². The fourth-order valence-corrected chi connectivity index (χ4v) is 1.80. The summed E-state index contributed by atoms with van der Waals surface area (Å²) in [5, 5.41) is 13.7. The highest BCUT2D eigenvalue weighted by atomic mass is 31.1. The summed E-state index contributed by atoms with van der Waals surface area (Å²) < 4.78 is 46.4. The molecule has 0 aliphatic heterocycles. The van der Waals surface area contributed by atoms with E-state index in [1.54, 1.807) is 12.1 Å². The topological polar surface area (TPSA) is 113 Å². The summed E-state index contributed by atoms with van der Waals surface area (Å²) in [4.78, 5) is 24.3. The van der Waals surface area contributed by atoms with Crippen molar-refractivity contribution in [1.29, 1.82) is 0 Å². The summed E-state index contributed by atoms with van der Waals surface area (Å²) in [5.74, 6) is 0. The molecule has 0 aliphatic rings. The van der Waals surface area contributed by atoms with Crippen LogP contribution >= 0.6 is 8.25 Å². The van der Waals surface area contributed by atoms with Crippen LogP contribution in [0.15, 0.2) is 48.5 Å². The maximum atomic E-state index is 12.6.